The Bertz CT molecular complexity index is 1030. The third kappa shape index (κ3) is 3.07. The molecule has 0 saturated carbocycles. The molecule has 5 nitrogen and oxygen atoms in total. The molecule has 1 aromatic rings. The molecule has 28 heavy (non-hydrogen) atoms. The number of allylic oxidation sites excluding steroid dienone is 2. The highest BCUT2D eigenvalue weighted by molar-refractivity contribution is 9.11. The summed E-state index contributed by atoms with van der Waals surface area (Å²) in [6, 6.07) is 2.90. The van der Waals surface area contributed by atoms with Crippen LogP contribution in [0.4, 0.5) is 13.2 Å². The summed E-state index contributed by atoms with van der Waals surface area (Å²) in [4.78, 5) is 19.5. The molecule has 0 saturated heterocycles. The van der Waals surface area contributed by atoms with Gasteiger partial charge in [0.15, 0.2) is 0 Å². The molecule has 3 aliphatic heterocycles. The number of phenolic OH excluding ortho intramolecular Hbond substituents is 1. The van der Waals surface area contributed by atoms with Crippen LogP contribution < -0.4 is 0 Å². The number of fused-ring (bicyclic) bond motifs is 1. The topological polar surface area (TPSA) is 55.9 Å². The summed E-state index contributed by atoms with van der Waals surface area (Å²) in [7, 11) is 0. The van der Waals surface area contributed by atoms with E-state index in [4.69, 9.17) is 0 Å². The number of nitrogens with zero attached hydrogens (tertiary/aromatic N) is 3. The first-order chi connectivity index (χ1) is 13.0. The number of carbonyl (C=O) groups excluding carboxylic acids is 1. The van der Waals surface area contributed by atoms with Crippen molar-refractivity contribution in [1.82, 2.24) is 4.90 Å². The zero-order chi connectivity index (χ0) is 20.4. The Kier molecular flexibility index (Phi) is 4.08. The molecule has 146 valence electrons. The Morgan fingerprint density at radius 1 is 1.39 bits per heavy atom. The van der Waals surface area contributed by atoms with Crippen molar-refractivity contribution >= 4 is 33.9 Å². The van der Waals surface area contributed by atoms with Gasteiger partial charge in [-0.05, 0) is 47.1 Å². The van der Waals surface area contributed by atoms with Gasteiger partial charge in [-0.3, -0.25) is 4.99 Å². The zero-order valence-corrected chi connectivity index (χ0v) is 16.5. The summed E-state index contributed by atoms with van der Waals surface area (Å²) in [5.41, 5.74) is -1.44. The van der Waals surface area contributed by atoms with E-state index in [-0.39, 0.29) is 17.5 Å². The average Bonchev–Trinajstić information content (AvgIpc) is 3.14. The van der Waals surface area contributed by atoms with Crippen molar-refractivity contribution in [1.29, 1.82) is 0 Å². The molecule has 1 aromatic carbocycles. The zero-order valence-electron chi connectivity index (χ0n) is 15.0. The number of aromatic hydroxyl groups is 1. The molecular formula is C19H16BrF3N3O2+. The first-order valence-corrected chi connectivity index (χ1v) is 9.33. The normalized spacial score (nSPS) is 26.2. The van der Waals surface area contributed by atoms with Crippen molar-refractivity contribution in [3.05, 3.63) is 51.7 Å². The average molecular weight is 455 g/mol. The fourth-order valence-electron chi connectivity index (χ4n) is 3.48. The molecule has 0 fully saturated rings. The first-order valence-electron chi connectivity index (χ1n) is 8.54. The minimum Gasteiger partial charge on any atom is -0.508 e. The Balaban J connectivity index is 1.66. The first kappa shape index (κ1) is 18.9. The van der Waals surface area contributed by atoms with E-state index < -0.39 is 23.0 Å². The molecule has 3 aliphatic rings. The molecule has 1 amide bonds. The Morgan fingerprint density at radius 2 is 2.11 bits per heavy atom. The van der Waals surface area contributed by atoms with Crippen molar-refractivity contribution in [3.8, 4) is 5.75 Å². The number of benzene rings is 1. The quantitative estimate of drug-likeness (QED) is 0.695. The van der Waals surface area contributed by atoms with Crippen molar-refractivity contribution in [2.45, 2.75) is 31.6 Å². The van der Waals surface area contributed by atoms with E-state index in [0.717, 1.165) is 6.07 Å². The molecule has 0 unspecified atom stereocenters. The van der Waals surface area contributed by atoms with Crippen LogP contribution in [0.5, 0.6) is 5.75 Å². The van der Waals surface area contributed by atoms with Crippen LogP contribution in [0.2, 0.25) is 0 Å². The number of hydrogen-bond donors (Lipinski definition) is 1. The van der Waals surface area contributed by atoms with Gasteiger partial charge >= 0.3 is 12.1 Å². The maximum atomic E-state index is 13.1. The van der Waals surface area contributed by atoms with Crippen LogP contribution in [0.1, 0.15) is 25.0 Å². The highest BCUT2D eigenvalue weighted by atomic mass is 79.9. The van der Waals surface area contributed by atoms with Crippen molar-refractivity contribution < 1.29 is 27.6 Å². The molecule has 0 aromatic heterocycles. The molecule has 2 atom stereocenters. The van der Waals surface area contributed by atoms with E-state index in [9.17, 15) is 23.1 Å². The van der Waals surface area contributed by atoms with Gasteiger partial charge in [0, 0.05) is 29.7 Å². The molecule has 1 N–H and O–H groups in total. The minimum atomic E-state index is -4.59. The second-order valence-corrected chi connectivity index (χ2v) is 8.16. The number of hydrogen-bond acceptors (Lipinski definition) is 4. The van der Waals surface area contributed by atoms with Crippen molar-refractivity contribution in [2.75, 3.05) is 6.54 Å². The fourth-order valence-corrected chi connectivity index (χ4v) is 3.96. The third-order valence-corrected chi connectivity index (χ3v) is 5.40. The number of carbonyl (C=O) groups is 1. The number of amides is 1. The fraction of sp³-hybridized carbons (Fsp3) is 0.316. The molecule has 0 spiro atoms. The number of amidine groups is 1. The highest BCUT2D eigenvalue weighted by Crippen LogP contribution is 2.40. The highest BCUT2D eigenvalue weighted by Gasteiger charge is 2.59. The summed E-state index contributed by atoms with van der Waals surface area (Å²) < 4.78 is 41.3. The standard InChI is InChI=1S/C19H15BrF3N3O2/c1-10-7-25-8-13(20)6-15(16(25)24-10)17(28)26-9-18(26,2)11-3-12(19(21,22)23)5-14(27)4-11/h3-6,8-10H,7H2,1-2H3/p+1/t10-,18-/m1/s1. The van der Waals surface area contributed by atoms with E-state index in [1.165, 1.54) is 10.6 Å². The monoisotopic (exact) mass is 454 g/mol. The second-order valence-electron chi connectivity index (χ2n) is 7.24. The summed E-state index contributed by atoms with van der Waals surface area (Å²) in [6.45, 7) is 4.22. The van der Waals surface area contributed by atoms with Crippen LogP contribution in [-0.4, -0.2) is 45.1 Å². The smallest absolute Gasteiger partial charge is 0.424 e. The third-order valence-electron chi connectivity index (χ3n) is 4.97. The van der Waals surface area contributed by atoms with Gasteiger partial charge < -0.3 is 10.0 Å². The predicted molar refractivity (Wildman–Crippen MR) is 100 cm³/mol. The van der Waals surface area contributed by atoms with Gasteiger partial charge in [-0.25, -0.2) is 4.79 Å². The van der Waals surface area contributed by atoms with E-state index in [0.29, 0.717) is 28.5 Å². The lowest BCUT2D eigenvalue weighted by Gasteiger charge is -2.20. The van der Waals surface area contributed by atoms with Crippen LogP contribution in [0.15, 0.2) is 45.5 Å². The molecule has 4 rings (SSSR count). The summed E-state index contributed by atoms with van der Waals surface area (Å²) in [5, 5.41) is 9.74. The SMILES string of the molecule is C[C@@H]1CN2C=C(Br)C=C(C(=O)[N+]3=C[C@]3(C)c3cc(O)cc(C(F)(F)F)c3)C2=N1. The van der Waals surface area contributed by atoms with E-state index in [1.807, 2.05) is 18.0 Å². The second kappa shape index (κ2) is 6.04. The molecule has 0 aliphatic carbocycles. The number of rotatable bonds is 2. The summed E-state index contributed by atoms with van der Waals surface area (Å²) >= 11 is 3.39. The molecular weight excluding hydrogens is 439 g/mol. The van der Waals surface area contributed by atoms with E-state index >= 15 is 0 Å². The lowest BCUT2D eigenvalue weighted by Crippen LogP contribution is -2.33. The van der Waals surface area contributed by atoms with E-state index in [2.05, 4.69) is 20.9 Å². The van der Waals surface area contributed by atoms with Gasteiger partial charge in [-0.1, -0.05) is 0 Å². The number of phenols is 1. The van der Waals surface area contributed by atoms with E-state index in [1.54, 1.807) is 19.2 Å². The van der Waals surface area contributed by atoms with Crippen molar-refractivity contribution in [3.63, 3.8) is 0 Å². The number of halogens is 4. The molecule has 0 bridgehead atoms. The van der Waals surface area contributed by atoms with Gasteiger partial charge in [0.2, 0.25) is 6.21 Å². The Labute approximate surface area is 167 Å². The van der Waals surface area contributed by atoms with Crippen LogP contribution >= 0.6 is 15.9 Å². The van der Waals surface area contributed by atoms with Gasteiger partial charge in [0.1, 0.15) is 17.2 Å². The van der Waals surface area contributed by atoms with Gasteiger partial charge in [0.05, 0.1) is 11.6 Å². The lowest BCUT2D eigenvalue weighted by molar-refractivity contribution is -0.426. The largest absolute Gasteiger partial charge is 0.508 e. The molecule has 3 heterocycles. The minimum absolute atomic E-state index is 0.0332. The van der Waals surface area contributed by atoms with Crippen LogP contribution in [-0.2, 0) is 16.5 Å². The maximum Gasteiger partial charge on any atom is 0.424 e. The van der Waals surface area contributed by atoms with Crippen LogP contribution in [0.25, 0.3) is 0 Å². The lowest BCUT2D eigenvalue weighted by atomic mass is 9.96. The summed E-state index contributed by atoms with van der Waals surface area (Å²) in [5.74, 6) is -0.306. The Hall–Kier alpha value is -2.42. The predicted octanol–water partition coefficient (Wildman–Crippen LogP) is 3.53. The van der Waals surface area contributed by atoms with Gasteiger partial charge in [-0.15, -0.1) is 4.58 Å². The number of alkyl halides is 3. The van der Waals surface area contributed by atoms with Crippen molar-refractivity contribution in [2.24, 2.45) is 4.99 Å². The van der Waals surface area contributed by atoms with Gasteiger partial charge in [0.25, 0.3) is 5.54 Å². The maximum absolute atomic E-state index is 13.1. The molecule has 0 radical (unpaired) electrons. The molecule has 9 heteroatoms. The summed E-state index contributed by atoms with van der Waals surface area (Å²) in [6.07, 6.45) is 0.450. The Morgan fingerprint density at radius 3 is 2.79 bits per heavy atom. The van der Waals surface area contributed by atoms with Crippen LogP contribution in [0.3, 0.4) is 0 Å². The van der Waals surface area contributed by atoms with Crippen LogP contribution in [0, 0.1) is 0 Å². The van der Waals surface area contributed by atoms with Gasteiger partial charge in [-0.2, -0.15) is 13.2 Å². The number of aliphatic imine (C=N–C) groups is 1.